The molecule has 4 nitrogen and oxygen atoms in total. The van der Waals surface area contributed by atoms with Crippen LogP contribution in [0.5, 0.6) is 0 Å². The summed E-state index contributed by atoms with van der Waals surface area (Å²) < 4.78 is 5.06. The predicted molar refractivity (Wildman–Crippen MR) is 70.4 cm³/mol. The summed E-state index contributed by atoms with van der Waals surface area (Å²) in [7, 11) is 1.70. The summed E-state index contributed by atoms with van der Waals surface area (Å²) in [6.45, 7) is 7.53. The van der Waals surface area contributed by atoms with Crippen molar-refractivity contribution in [3.05, 3.63) is 16.1 Å². The molecule has 17 heavy (non-hydrogen) atoms. The van der Waals surface area contributed by atoms with Crippen molar-refractivity contribution in [2.45, 2.75) is 26.3 Å². The van der Waals surface area contributed by atoms with Crippen molar-refractivity contribution in [3.63, 3.8) is 0 Å². The van der Waals surface area contributed by atoms with Crippen molar-refractivity contribution in [3.8, 4) is 0 Å². The normalized spacial score (nSPS) is 11.6. The van der Waals surface area contributed by atoms with Gasteiger partial charge in [-0.15, -0.1) is 11.3 Å². The van der Waals surface area contributed by atoms with Gasteiger partial charge in [-0.05, 0) is 0 Å². The van der Waals surface area contributed by atoms with Gasteiger partial charge in [0.2, 0.25) is 0 Å². The smallest absolute Gasteiger partial charge is 0.0953 e. The van der Waals surface area contributed by atoms with Gasteiger partial charge in [0, 0.05) is 43.7 Å². The van der Waals surface area contributed by atoms with Crippen molar-refractivity contribution in [2.24, 2.45) is 0 Å². The zero-order chi connectivity index (χ0) is 12.7. The Morgan fingerprint density at radius 2 is 2.24 bits per heavy atom. The molecule has 98 valence electrons. The lowest BCUT2D eigenvalue weighted by molar-refractivity contribution is 0.127. The van der Waals surface area contributed by atoms with Crippen molar-refractivity contribution >= 4 is 11.3 Å². The number of rotatable bonds is 8. The van der Waals surface area contributed by atoms with Crippen LogP contribution in [0.3, 0.4) is 0 Å². The number of aromatic nitrogens is 1. The Morgan fingerprint density at radius 1 is 1.47 bits per heavy atom. The highest BCUT2D eigenvalue weighted by molar-refractivity contribution is 7.11. The van der Waals surface area contributed by atoms with Gasteiger partial charge in [0.05, 0.1) is 18.2 Å². The van der Waals surface area contributed by atoms with Crippen LogP contribution in [0.15, 0.2) is 6.20 Å². The third-order valence-electron chi connectivity index (χ3n) is 2.47. The van der Waals surface area contributed by atoms with Crippen molar-refractivity contribution < 1.29 is 9.84 Å². The van der Waals surface area contributed by atoms with Crippen LogP contribution in [0.4, 0.5) is 0 Å². The molecule has 0 atom stereocenters. The maximum absolute atomic E-state index is 9.01. The summed E-state index contributed by atoms with van der Waals surface area (Å²) >= 11 is 1.75. The first kappa shape index (κ1) is 14.6. The van der Waals surface area contributed by atoms with Crippen LogP contribution in [0.25, 0.3) is 0 Å². The van der Waals surface area contributed by atoms with Gasteiger partial charge in [-0.1, -0.05) is 13.8 Å². The number of aliphatic hydroxyl groups excluding tert-OH is 1. The van der Waals surface area contributed by atoms with E-state index in [2.05, 4.69) is 23.7 Å². The zero-order valence-corrected chi connectivity index (χ0v) is 11.7. The number of hydrogen-bond donors (Lipinski definition) is 1. The number of hydrogen-bond acceptors (Lipinski definition) is 5. The zero-order valence-electron chi connectivity index (χ0n) is 10.8. The number of methoxy groups -OCH3 is 1. The molecule has 0 aliphatic carbocycles. The van der Waals surface area contributed by atoms with Crippen LogP contribution in [-0.2, 0) is 11.3 Å². The molecular formula is C12H22N2O2S. The van der Waals surface area contributed by atoms with Crippen molar-refractivity contribution in [1.82, 2.24) is 9.88 Å². The van der Waals surface area contributed by atoms with Crippen LogP contribution in [0.2, 0.25) is 0 Å². The first-order valence-corrected chi connectivity index (χ1v) is 6.75. The molecule has 1 rings (SSSR count). The molecule has 1 N–H and O–H groups in total. The molecule has 5 heteroatoms. The molecule has 0 aliphatic heterocycles. The summed E-state index contributed by atoms with van der Waals surface area (Å²) in [6.07, 6.45) is 1.94. The van der Waals surface area contributed by atoms with E-state index >= 15 is 0 Å². The van der Waals surface area contributed by atoms with E-state index < -0.39 is 0 Å². The third-order valence-corrected chi connectivity index (χ3v) is 3.76. The van der Waals surface area contributed by atoms with Crippen molar-refractivity contribution in [2.75, 3.05) is 33.4 Å². The Bertz CT molecular complexity index is 315. The van der Waals surface area contributed by atoms with E-state index in [1.165, 1.54) is 9.88 Å². The number of aliphatic hydroxyl groups is 1. The molecule has 0 radical (unpaired) electrons. The van der Waals surface area contributed by atoms with Crippen LogP contribution in [0, 0.1) is 0 Å². The van der Waals surface area contributed by atoms with Gasteiger partial charge in [0.15, 0.2) is 0 Å². The average molecular weight is 258 g/mol. The van der Waals surface area contributed by atoms with Crippen molar-refractivity contribution in [1.29, 1.82) is 0 Å². The Hall–Kier alpha value is -0.490. The quantitative estimate of drug-likeness (QED) is 0.771. The van der Waals surface area contributed by atoms with Gasteiger partial charge >= 0.3 is 0 Å². The lowest BCUT2D eigenvalue weighted by atomic mass is 10.2. The molecular weight excluding hydrogens is 236 g/mol. The summed E-state index contributed by atoms with van der Waals surface area (Å²) in [5.74, 6) is 0.485. The van der Waals surface area contributed by atoms with Crippen LogP contribution in [0.1, 0.15) is 29.7 Å². The van der Waals surface area contributed by atoms with Crippen LogP contribution >= 0.6 is 11.3 Å². The maximum Gasteiger partial charge on any atom is 0.0953 e. The average Bonchev–Trinajstić information content (AvgIpc) is 2.75. The lowest BCUT2D eigenvalue weighted by Crippen LogP contribution is -2.29. The molecule has 0 aliphatic rings. The Morgan fingerprint density at radius 3 is 2.76 bits per heavy atom. The first-order valence-electron chi connectivity index (χ1n) is 5.94. The number of thiazole rings is 1. The van der Waals surface area contributed by atoms with Gasteiger partial charge in [-0.2, -0.15) is 0 Å². The standard InChI is InChI=1S/C12H22N2O2S/c1-10(2)12-13-8-11(17-12)9-14(4-6-15)5-7-16-3/h8,10,15H,4-7,9H2,1-3H3. The molecule has 0 aromatic carbocycles. The molecule has 0 amide bonds. The van der Waals surface area contributed by atoms with Gasteiger partial charge in [0.1, 0.15) is 0 Å². The summed E-state index contributed by atoms with van der Waals surface area (Å²) in [6, 6.07) is 0. The monoisotopic (exact) mass is 258 g/mol. The highest BCUT2D eigenvalue weighted by atomic mass is 32.1. The fourth-order valence-electron chi connectivity index (χ4n) is 1.51. The van der Waals surface area contributed by atoms with E-state index in [0.717, 1.165) is 13.1 Å². The second-order valence-corrected chi connectivity index (χ2v) is 5.46. The molecule has 0 fully saturated rings. The molecule has 0 saturated carbocycles. The van der Waals surface area contributed by atoms with E-state index in [1.807, 2.05) is 6.20 Å². The Kier molecular flexibility index (Phi) is 6.65. The minimum atomic E-state index is 0.180. The molecule has 1 heterocycles. The number of nitrogens with zero attached hydrogens (tertiary/aromatic N) is 2. The molecule has 1 aromatic heterocycles. The Labute approximate surface area is 107 Å². The number of ether oxygens (including phenoxy) is 1. The molecule has 1 aromatic rings. The van der Waals surface area contributed by atoms with E-state index in [1.54, 1.807) is 18.4 Å². The fourth-order valence-corrected chi connectivity index (χ4v) is 2.48. The second-order valence-electron chi connectivity index (χ2n) is 4.31. The Balaban J connectivity index is 2.52. The highest BCUT2D eigenvalue weighted by Gasteiger charge is 2.10. The van der Waals surface area contributed by atoms with Crippen LogP contribution in [-0.4, -0.2) is 48.4 Å². The minimum Gasteiger partial charge on any atom is -0.395 e. The van der Waals surface area contributed by atoms with E-state index in [9.17, 15) is 0 Å². The molecule has 0 bridgehead atoms. The van der Waals surface area contributed by atoms with Crippen LogP contribution < -0.4 is 0 Å². The van der Waals surface area contributed by atoms with Gasteiger partial charge in [-0.25, -0.2) is 4.98 Å². The molecule has 0 spiro atoms. The maximum atomic E-state index is 9.01. The molecule has 0 saturated heterocycles. The summed E-state index contributed by atoms with van der Waals surface area (Å²) in [5, 5.41) is 10.2. The third kappa shape index (κ3) is 5.12. The highest BCUT2D eigenvalue weighted by Crippen LogP contribution is 2.22. The second kappa shape index (κ2) is 7.76. The molecule has 0 unspecified atom stereocenters. The fraction of sp³-hybridized carbons (Fsp3) is 0.750. The van der Waals surface area contributed by atoms with E-state index in [-0.39, 0.29) is 6.61 Å². The summed E-state index contributed by atoms with van der Waals surface area (Å²) in [5.41, 5.74) is 0. The largest absolute Gasteiger partial charge is 0.395 e. The van der Waals surface area contributed by atoms with Gasteiger partial charge < -0.3 is 9.84 Å². The van der Waals surface area contributed by atoms with Gasteiger partial charge in [0.25, 0.3) is 0 Å². The van der Waals surface area contributed by atoms with E-state index in [0.29, 0.717) is 19.1 Å². The summed E-state index contributed by atoms with van der Waals surface area (Å²) in [4.78, 5) is 7.84. The minimum absolute atomic E-state index is 0.180. The SMILES string of the molecule is COCCN(CCO)Cc1cnc(C(C)C)s1. The lowest BCUT2D eigenvalue weighted by Gasteiger charge is -2.19. The first-order chi connectivity index (χ1) is 8.17. The van der Waals surface area contributed by atoms with Gasteiger partial charge in [-0.3, -0.25) is 4.90 Å². The topological polar surface area (TPSA) is 45.6 Å². The predicted octanol–water partition coefficient (Wildman–Crippen LogP) is 1.71. The van der Waals surface area contributed by atoms with E-state index in [4.69, 9.17) is 9.84 Å².